The molecule has 0 bridgehead atoms. The minimum Gasteiger partial charge on any atom is -0.390 e. The number of ketones is 3. The SMILES string of the molecule is CC(CC(=O)CC(C)(C)O)C1CCC2(C)C3C(=O)C=C4C(CCC(=O)C4(C)C)C3(C=O)CCC12C. The molecule has 5 nitrogen and oxygen atoms in total. The van der Waals surface area contributed by atoms with Crippen LogP contribution in [-0.4, -0.2) is 34.3 Å². The third kappa shape index (κ3) is 3.74. The van der Waals surface area contributed by atoms with E-state index in [0.717, 1.165) is 31.1 Å². The third-order valence-corrected chi connectivity index (χ3v) is 11.1. The minimum absolute atomic E-state index is 0.0194. The van der Waals surface area contributed by atoms with Gasteiger partial charge in [0.05, 0.1) is 5.60 Å². The van der Waals surface area contributed by atoms with Crippen molar-refractivity contribution in [2.45, 2.75) is 105 Å². The van der Waals surface area contributed by atoms with Crippen LogP contribution in [0.15, 0.2) is 11.6 Å². The van der Waals surface area contributed by atoms with Gasteiger partial charge in [-0.05, 0) is 100 Å². The van der Waals surface area contributed by atoms with Crippen molar-refractivity contribution in [3.8, 4) is 0 Å². The molecule has 4 rings (SSSR count). The van der Waals surface area contributed by atoms with E-state index in [-0.39, 0.29) is 58.3 Å². The number of rotatable bonds is 6. The number of allylic oxidation sites excluding steroid dienone is 2. The molecule has 35 heavy (non-hydrogen) atoms. The molecule has 1 N–H and O–H groups in total. The zero-order chi connectivity index (χ0) is 26.2. The molecule has 5 heteroatoms. The van der Waals surface area contributed by atoms with E-state index < -0.39 is 16.4 Å². The highest BCUT2D eigenvalue weighted by molar-refractivity contribution is 6.01. The summed E-state index contributed by atoms with van der Waals surface area (Å²) in [7, 11) is 0. The number of aliphatic hydroxyl groups is 1. The number of hydrogen-bond acceptors (Lipinski definition) is 5. The van der Waals surface area contributed by atoms with Gasteiger partial charge >= 0.3 is 0 Å². The fourth-order valence-corrected chi connectivity index (χ4v) is 9.19. The highest BCUT2D eigenvalue weighted by Gasteiger charge is 2.71. The molecule has 0 aromatic rings. The van der Waals surface area contributed by atoms with Gasteiger partial charge in [-0.3, -0.25) is 14.4 Å². The first-order valence-electron chi connectivity index (χ1n) is 13.5. The van der Waals surface area contributed by atoms with E-state index in [1.165, 1.54) is 0 Å². The minimum atomic E-state index is -1.01. The predicted molar refractivity (Wildman–Crippen MR) is 134 cm³/mol. The van der Waals surface area contributed by atoms with E-state index in [1.54, 1.807) is 19.9 Å². The molecule has 0 radical (unpaired) electrons. The van der Waals surface area contributed by atoms with Crippen molar-refractivity contribution in [2.75, 3.05) is 0 Å². The van der Waals surface area contributed by atoms with E-state index in [4.69, 9.17) is 0 Å². The highest BCUT2D eigenvalue weighted by atomic mass is 16.3. The standard InChI is InChI=1S/C30H44O5/c1-18(14-19(32)16-26(2,3)35)20-10-11-29(7)25-23(33)15-22-21(8-9-24(34)27(22,4)5)30(25,17-31)13-12-28(20,29)6/h15,17-18,20-21,25,35H,8-14,16H2,1-7H3. The molecule has 3 saturated carbocycles. The fraction of sp³-hybridized carbons (Fsp3) is 0.800. The summed E-state index contributed by atoms with van der Waals surface area (Å²) in [6.45, 7) is 13.8. The zero-order valence-electron chi connectivity index (χ0n) is 22.7. The van der Waals surface area contributed by atoms with Crippen LogP contribution in [0.25, 0.3) is 0 Å². The average molecular weight is 485 g/mol. The van der Waals surface area contributed by atoms with Crippen LogP contribution in [0.4, 0.5) is 0 Å². The summed E-state index contributed by atoms with van der Waals surface area (Å²) in [5.74, 6) is 0.253. The van der Waals surface area contributed by atoms with Gasteiger partial charge < -0.3 is 9.90 Å². The van der Waals surface area contributed by atoms with E-state index in [1.807, 2.05) is 13.8 Å². The molecule has 3 fully saturated rings. The first-order valence-corrected chi connectivity index (χ1v) is 13.5. The van der Waals surface area contributed by atoms with Crippen molar-refractivity contribution in [1.29, 1.82) is 0 Å². The van der Waals surface area contributed by atoms with Crippen LogP contribution < -0.4 is 0 Å². The van der Waals surface area contributed by atoms with E-state index in [2.05, 4.69) is 20.8 Å². The maximum Gasteiger partial charge on any atom is 0.160 e. The van der Waals surface area contributed by atoms with Crippen molar-refractivity contribution in [1.82, 2.24) is 0 Å². The molecular weight excluding hydrogens is 440 g/mol. The summed E-state index contributed by atoms with van der Waals surface area (Å²) in [5.41, 5.74) is -2.08. The summed E-state index contributed by atoms with van der Waals surface area (Å²) in [6.07, 6.45) is 7.83. The first-order chi connectivity index (χ1) is 16.0. The van der Waals surface area contributed by atoms with Gasteiger partial charge in [0.1, 0.15) is 17.9 Å². The van der Waals surface area contributed by atoms with Crippen LogP contribution in [0, 0.1) is 45.3 Å². The van der Waals surface area contributed by atoms with Gasteiger partial charge in [0.25, 0.3) is 0 Å². The maximum absolute atomic E-state index is 13.9. The van der Waals surface area contributed by atoms with Crippen LogP contribution in [-0.2, 0) is 19.2 Å². The number of hydrogen-bond donors (Lipinski definition) is 1. The Hall–Kier alpha value is -1.62. The molecule has 0 heterocycles. The van der Waals surface area contributed by atoms with Gasteiger partial charge in [0, 0.05) is 36.0 Å². The molecule has 4 aliphatic rings. The first kappa shape index (κ1) is 26.4. The molecule has 7 unspecified atom stereocenters. The molecule has 0 amide bonds. The normalized spacial score (nSPS) is 41.4. The summed E-state index contributed by atoms with van der Waals surface area (Å²) >= 11 is 0. The van der Waals surface area contributed by atoms with E-state index >= 15 is 0 Å². The molecule has 194 valence electrons. The number of carbonyl (C=O) groups is 4. The average Bonchev–Trinajstić information content (AvgIpc) is 3.00. The van der Waals surface area contributed by atoms with Gasteiger partial charge in [0.2, 0.25) is 0 Å². The summed E-state index contributed by atoms with van der Waals surface area (Å²) in [5, 5.41) is 10.1. The van der Waals surface area contributed by atoms with Crippen molar-refractivity contribution in [2.24, 2.45) is 45.3 Å². The van der Waals surface area contributed by atoms with E-state index in [0.29, 0.717) is 25.7 Å². The molecule has 4 aliphatic carbocycles. The quantitative estimate of drug-likeness (QED) is 0.519. The van der Waals surface area contributed by atoms with Gasteiger partial charge in [0.15, 0.2) is 5.78 Å². The summed E-state index contributed by atoms with van der Waals surface area (Å²) in [6, 6.07) is 0. The summed E-state index contributed by atoms with van der Waals surface area (Å²) < 4.78 is 0. The Morgan fingerprint density at radius 1 is 1.11 bits per heavy atom. The topological polar surface area (TPSA) is 88.5 Å². The highest BCUT2D eigenvalue weighted by Crippen LogP contribution is 2.73. The second-order valence-corrected chi connectivity index (χ2v) is 14.0. The fourth-order valence-electron chi connectivity index (χ4n) is 9.19. The lowest BCUT2D eigenvalue weighted by molar-refractivity contribution is -0.170. The molecule has 0 aromatic heterocycles. The predicted octanol–water partition coefficient (Wildman–Crippen LogP) is 5.28. The molecule has 0 spiro atoms. The maximum atomic E-state index is 13.9. The van der Waals surface area contributed by atoms with Crippen molar-refractivity contribution >= 4 is 23.6 Å². The van der Waals surface area contributed by atoms with Crippen molar-refractivity contribution in [3.63, 3.8) is 0 Å². The van der Waals surface area contributed by atoms with Crippen LogP contribution in [0.2, 0.25) is 0 Å². The lowest BCUT2D eigenvalue weighted by Crippen LogP contribution is -2.63. The Bertz CT molecular complexity index is 983. The van der Waals surface area contributed by atoms with Gasteiger partial charge in [-0.1, -0.05) is 20.8 Å². The lowest BCUT2D eigenvalue weighted by atomic mass is 9.38. The number of fused-ring (bicyclic) bond motifs is 5. The summed E-state index contributed by atoms with van der Waals surface area (Å²) in [4.78, 5) is 52.4. The Morgan fingerprint density at radius 3 is 2.37 bits per heavy atom. The number of Topliss-reactive ketones (excluding diaryl/α,β-unsaturated/α-hetero) is 2. The van der Waals surface area contributed by atoms with Gasteiger partial charge in [-0.25, -0.2) is 0 Å². The van der Waals surface area contributed by atoms with Crippen LogP contribution in [0.5, 0.6) is 0 Å². The zero-order valence-corrected chi connectivity index (χ0v) is 22.7. The molecule has 7 atom stereocenters. The van der Waals surface area contributed by atoms with Crippen LogP contribution in [0.3, 0.4) is 0 Å². The second kappa shape index (κ2) is 8.19. The van der Waals surface area contributed by atoms with E-state index in [9.17, 15) is 24.3 Å². The molecule has 0 saturated heterocycles. The molecular formula is C30H44O5. The Kier molecular flexibility index (Phi) is 6.19. The molecule has 0 aliphatic heterocycles. The number of carbonyl (C=O) groups excluding carboxylic acids is 4. The van der Waals surface area contributed by atoms with Crippen LogP contribution >= 0.6 is 0 Å². The Balaban J connectivity index is 1.70. The Labute approximate surface area is 210 Å². The van der Waals surface area contributed by atoms with Gasteiger partial charge in [-0.15, -0.1) is 0 Å². The van der Waals surface area contributed by atoms with Crippen molar-refractivity contribution in [3.05, 3.63) is 11.6 Å². The molecule has 0 aromatic carbocycles. The monoisotopic (exact) mass is 484 g/mol. The largest absolute Gasteiger partial charge is 0.390 e. The Morgan fingerprint density at radius 2 is 1.77 bits per heavy atom. The second-order valence-electron chi connectivity index (χ2n) is 14.0. The lowest BCUT2D eigenvalue weighted by Gasteiger charge is -2.63. The third-order valence-electron chi connectivity index (χ3n) is 11.1. The van der Waals surface area contributed by atoms with Crippen molar-refractivity contribution < 1.29 is 24.3 Å². The number of aldehydes is 1. The van der Waals surface area contributed by atoms with Crippen LogP contribution in [0.1, 0.15) is 99.8 Å². The van der Waals surface area contributed by atoms with Gasteiger partial charge in [-0.2, -0.15) is 0 Å². The smallest absolute Gasteiger partial charge is 0.160 e.